The number of hydrogen-bond donors (Lipinski definition) is 0. The number of rotatable bonds is 2. The van der Waals surface area contributed by atoms with Crippen molar-refractivity contribution >= 4 is 26.8 Å². The molecule has 0 saturated heterocycles. The maximum absolute atomic E-state index is 11.9. The number of methoxy groups -OCH3 is 1. The largest absolute Gasteiger partial charge is 0.364 e. The predicted molar refractivity (Wildman–Crippen MR) is 60.7 cm³/mol. The molecule has 0 aliphatic carbocycles. The third-order valence-corrected chi connectivity index (χ3v) is 2.55. The van der Waals surface area contributed by atoms with E-state index < -0.39 is 0 Å². The first-order valence-corrected chi connectivity index (χ1v) is 5.15. The van der Waals surface area contributed by atoms with Gasteiger partial charge in [-0.05, 0) is 18.2 Å². The van der Waals surface area contributed by atoms with Crippen molar-refractivity contribution in [2.24, 2.45) is 0 Å². The molecule has 1 heterocycles. The Kier molecular flexibility index (Phi) is 2.83. The van der Waals surface area contributed by atoms with Crippen LogP contribution in [0.5, 0.6) is 0 Å². The number of ether oxygens (including phenoxy) is 1. The summed E-state index contributed by atoms with van der Waals surface area (Å²) < 4.78 is 7.23. The fraction of sp³-hybridized carbons (Fsp3) is 0.200. The summed E-state index contributed by atoms with van der Waals surface area (Å²) in [4.78, 5) is 16.0. The number of benzene rings is 1. The lowest BCUT2D eigenvalue weighted by Crippen LogP contribution is -2.21. The van der Waals surface area contributed by atoms with E-state index in [1.165, 1.54) is 18.0 Å². The highest BCUT2D eigenvalue weighted by Crippen LogP contribution is 2.14. The fourth-order valence-corrected chi connectivity index (χ4v) is 1.71. The predicted octanol–water partition coefficient (Wildman–Crippen LogP) is 1.76. The zero-order valence-corrected chi connectivity index (χ0v) is 9.69. The summed E-state index contributed by atoms with van der Waals surface area (Å²) >= 11 is 3.33. The molecule has 0 saturated carbocycles. The highest BCUT2D eigenvalue weighted by molar-refractivity contribution is 9.10. The minimum absolute atomic E-state index is 0.0886. The summed E-state index contributed by atoms with van der Waals surface area (Å²) in [6, 6.07) is 5.39. The van der Waals surface area contributed by atoms with Crippen LogP contribution in [0.25, 0.3) is 10.9 Å². The van der Waals surface area contributed by atoms with Gasteiger partial charge in [0.1, 0.15) is 13.1 Å². The van der Waals surface area contributed by atoms with Gasteiger partial charge in [0.05, 0.1) is 10.9 Å². The van der Waals surface area contributed by atoms with Crippen molar-refractivity contribution in [1.29, 1.82) is 0 Å². The van der Waals surface area contributed by atoms with Gasteiger partial charge in [-0.25, -0.2) is 4.98 Å². The Bertz CT molecular complexity index is 551. The van der Waals surface area contributed by atoms with E-state index in [4.69, 9.17) is 4.74 Å². The molecule has 0 amide bonds. The maximum Gasteiger partial charge on any atom is 0.263 e. The van der Waals surface area contributed by atoms with Gasteiger partial charge in [-0.15, -0.1) is 0 Å². The fourth-order valence-electron chi connectivity index (χ4n) is 1.36. The molecule has 0 spiro atoms. The molecule has 0 radical (unpaired) electrons. The van der Waals surface area contributed by atoms with Crippen LogP contribution in [-0.4, -0.2) is 16.7 Å². The number of halogens is 1. The monoisotopic (exact) mass is 268 g/mol. The lowest BCUT2D eigenvalue weighted by atomic mass is 10.2. The SMILES string of the molecule is COCn1cnc2cc(Br)ccc2c1=O. The number of fused-ring (bicyclic) bond motifs is 1. The van der Waals surface area contributed by atoms with E-state index in [1.54, 1.807) is 6.07 Å². The molecule has 5 heteroatoms. The van der Waals surface area contributed by atoms with Gasteiger partial charge in [0, 0.05) is 11.6 Å². The van der Waals surface area contributed by atoms with Gasteiger partial charge < -0.3 is 4.74 Å². The smallest absolute Gasteiger partial charge is 0.263 e. The summed E-state index contributed by atoms with van der Waals surface area (Å²) in [5, 5.41) is 0.595. The molecule has 15 heavy (non-hydrogen) atoms. The Hall–Kier alpha value is -1.20. The molecule has 0 bridgehead atoms. The molecule has 0 fully saturated rings. The molecule has 0 aliphatic heterocycles. The molecule has 78 valence electrons. The molecule has 2 aromatic rings. The molecule has 1 aromatic heterocycles. The second kappa shape index (κ2) is 4.12. The molecule has 1 aromatic carbocycles. The van der Waals surface area contributed by atoms with E-state index in [9.17, 15) is 4.79 Å². The normalized spacial score (nSPS) is 10.8. The van der Waals surface area contributed by atoms with Crippen LogP contribution >= 0.6 is 15.9 Å². The quantitative estimate of drug-likeness (QED) is 0.834. The molecule has 4 nitrogen and oxygen atoms in total. The van der Waals surface area contributed by atoms with Crippen LogP contribution in [-0.2, 0) is 11.5 Å². The van der Waals surface area contributed by atoms with Crippen molar-refractivity contribution in [1.82, 2.24) is 9.55 Å². The summed E-state index contributed by atoms with van der Waals surface area (Å²) in [6.07, 6.45) is 1.49. The molecule has 0 unspecified atom stereocenters. The third-order valence-electron chi connectivity index (χ3n) is 2.06. The summed E-state index contributed by atoms with van der Waals surface area (Å²) in [5.74, 6) is 0. The van der Waals surface area contributed by atoms with Crippen LogP contribution in [0, 0.1) is 0 Å². The lowest BCUT2D eigenvalue weighted by molar-refractivity contribution is 0.128. The molecule has 0 atom stereocenters. The van der Waals surface area contributed by atoms with E-state index in [-0.39, 0.29) is 12.3 Å². The van der Waals surface area contributed by atoms with Crippen molar-refractivity contribution in [2.45, 2.75) is 6.73 Å². The van der Waals surface area contributed by atoms with E-state index in [1.807, 2.05) is 12.1 Å². The van der Waals surface area contributed by atoms with Gasteiger partial charge in [-0.2, -0.15) is 0 Å². The van der Waals surface area contributed by atoms with Gasteiger partial charge in [0.15, 0.2) is 0 Å². The summed E-state index contributed by atoms with van der Waals surface area (Å²) in [5.41, 5.74) is 0.594. The topological polar surface area (TPSA) is 44.1 Å². The first-order valence-electron chi connectivity index (χ1n) is 4.36. The number of hydrogen-bond acceptors (Lipinski definition) is 3. The summed E-state index contributed by atoms with van der Waals surface area (Å²) in [7, 11) is 1.54. The lowest BCUT2D eigenvalue weighted by Gasteiger charge is -2.04. The molecular formula is C10H9BrN2O2. The van der Waals surface area contributed by atoms with Gasteiger partial charge >= 0.3 is 0 Å². The van der Waals surface area contributed by atoms with E-state index in [0.29, 0.717) is 10.9 Å². The van der Waals surface area contributed by atoms with Crippen LogP contribution in [0.15, 0.2) is 33.8 Å². The molecule has 0 aliphatic rings. The van der Waals surface area contributed by atoms with Crippen LogP contribution in [0.1, 0.15) is 0 Å². The summed E-state index contributed by atoms with van der Waals surface area (Å²) in [6.45, 7) is 0.220. The average molecular weight is 269 g/mol. The van der Waals surface area contributed by atoms with Crippen LogP contribution in [0.3, 0.4) is 0 Å². The van der Waals surface area contributed by atoms with Gasteiger partial charge in [0.2, 0.25) is 0 Å². The zero-order chi connectivity index (χ0) is 10.8. The van der Waals surface area contributed by atoms with Crippen LogP contribution < -0.4 is 5.56 Å². The molecule has 0 N–H and O–H groups in total. The minimum atomic E-state index is -0.0886. The Morgan fingerprint density at radius 2 is 2.33 bits per heavy atom. The average Bonchev–Trinajstić information content (AvgIpc) is 2.22. The van der Waals surface area contributed by atoms with Crippen LogP contribution in [0.2, 0.25) is 0 Å². The van der Waals surface area contributed by atoms with Crippen molar-refractivity contribution in [3.63, 3.8) is 0 Å². The Morgan fingerprint density at radius 1 is 1.53 bits per heavy atom. The number of nitrogens with zero attached hydrogens (tertiary/aromatic N) is 2. The van der Waals surface area contributed by atoms with Crippen molar-refractivity contribution in [2.75, 3.05) is 7.11 Å². The maximum atomic E-state index is 11.9. The third kappa shape index (κ3) is 1.93. The zero-order valence-electron chi connectivity index (χ0n) is 8.11. The number of aromatic nitrogens is 2. The van der Waals surface area contributed by atoms with Crippen LogP contribution in [0.4, 0.5) is 0 Å². The Labute approximate surface area is 94.6 Å². The van der Waals surface area contributed by atoms with Crippen molar-refractivity contribution in [3.8, 4) is 0 Å². The molecular weight excluding hydrogens is 260 g/mol. The van der Waals surface area contributed by atoms with Gasteiger partial charge in [-0.1, -0.05) is 15.9 Å². The van der Waals surface area contributed by atoms with Crippen molar-refractivity contribution < 1.29 is 4.74 Å². The first-order chi connectivity index (χ1) is 7.22. The minimum Gasteiger partial charge on any atom is -0.364 e. The molecule has 2 rings (SSSR count). The van der Waals surface area contributed by atoms with E-state index >= 15 is 0 Å². The standard InChI is InChI=1S/C10H9BrN2O2/c1-15-6-13-5-12-9-4-7(11)2-3-8(9)10(13)14/h2-5H,6H2,1H3. The van der Waals surface area contributed by atoms with Crippen molar-refractivity contribution in [3.05, 3.63) is 39.4 Å². The first kappa shape index (κ1) is 10.3. The van der Waals surface area contributed by atoms with Gasteiger partial charge in [-0.3, -0.25) is 9.36 Å². The highest BCUT2D eigenvalue weighted by atomic mass is 79.9. The Morgan fingerprint density at radius 3 is 3.07 bits per heavy atom. The second-order valence-corrected chi connectivity index (χ2v) is 4.01. The van der Waals surface area contributed by atoms with Gasteiger partial charge in [0.25, 0.3) is 5.56 Å². The van der Waals surface area contributed by atoms with E-state index in [2.05, 4.69) is 20.9 Å². The van der Waals surface area contributed by atoms with E-state index in [0.717, 1.165) is 4.47 Å². The second-order valence-electron chi connectivity index (χ2n) is 3.10. The Balaban J connectivity index is 2.69. The highest BCUT2D eigenvalue weighted by Gasteiger charge is 2.03.